The van der Waals surface area contributed by atoms with Gasteiger partial charge in [0.05, 0.1) is 10.6 Å². The fourth-order valence-corrected chi connectivity index (χ4v) is 3.61. The van der Waals surface area contributed by atoms with Gasteiger partial charge in [0.25, 0.3) is 5.69 Å². The summed E-state index contributed by atoms with van der Waals surface area (Å²) in [6, 6.07) is 9.48. The Hall–Kier alpha value is -3.76. The van der Waals surface area contributed by atoms with Crippen molar-refractivity contribution < 1.29 is 27.7 Å². The second-order valence-corrected chi connectivity index (χ2v) is 7.99. The molecule has 8 nitrogen and oxygen atoms in total. The number of nitrogens with zero attached hydrogens (tertiary/aromatic N) is 3. The number of hydrogen-bond donors (Lipinski definition) is 1. The zero-order valence-electron chi connectivity index (χ0n) is 18.1. The molecule has 0 saturated carbocycles. The maximum atomic E-state index is 13.3. The Balaban J connectivity index is 1.80. The van der Waals surface area contributed by atoms with Gasteiger partial charge in [0, 0.05) is 38.6 Å². The summed E-state index contributed by atoms with van der Waals surface area (Å²) in [4.78, 5) is 34.1. The Labute approximate surface area is 187 Å². The lowest BCUT2D eigenvalue weighted by atomic mass is 9.85. The molecule has 1 aliphatic heterocycles. The molecule has 0 aromatic heterocycles. The van der Waals surface area contributed by atoms with Crippen LogP contribution in [0.4, 0.5) is 24.5 Å². The lowest BCUT2D eigenvalue weighted by Gasteiger charge is -2.30. The molecular formula is C22H21F3N4O4. The van der Waals surface area contributed by atoms with Crippen LogP contribution in [0.15, 0.2) is 47.6 Å². The number of anilines is 1. The molecule has 1 atom stereocenters. The van der Waals surface area contributed by atoms with Crippen LogP contribution in [0.25, 0.3) is 0 Å². The molecule has 1 N–H and O–H groups in total. The van der Waals surface area contributed by atoms with Crippen molar-refractivity contribution >= 4 is 28.8 Å². The van der Waals surface area contributed by atoms with Gasteiger partial charge < -0.3 is 5.32 Å². The topological polar surface area (TPSA) is 105 Å². The number of alkyl halides is 3. The number of nitrogens with one attached hydrogen (secondary N) is 1. The van der Waals surface area contributed by atoms with E-state index in [4.69, 9.17) is 0 Å². The lowest BCUT2D eigenvalue weighted by molar-refractivity contribution is -0.388. The standard InChI is InChI=1S/C22H21F3N4O4/c1-13(30)26-16-7-5-15(6-8-16)18-12-21(2,28(3)27-18)20(31)11-14-4-9-19(29(32)33)17(10-14)22(23,24)25/h4-10H,11-12H2,1-3H3,(H,26,30). The number of carbonyl (C=O) groups is 2. The summed E-state index contributed by atoms with van der Waals surface area (Å²) in [5, 5.41) is 19.5. The maximum absolute atomic E-state index is 13.3. The number of Topliss-reactive ketones (excluding diaryl/α,β-unsaturated/α-hetero) is 1. The largest absolute Gasteiger partial charge is 0.423 e. The quantitative estimate of drug-likeness (QED) is 0.512. The van der Waals surface area contributed by atoms with Gasteiger partial charge in [0.2, 0.25) is 5.91 Å². The molecule has 0 fully saturated rings. The van der Waals surface area contributed by atoms with Crippen molar-refractivity contribution in [2.24, 2.45) is 5.10 Å². The first-order chi connectivity index (χ1) is 15.3. The minimum Gasteiger partial charge on any atom is -0.326 e. The zero-order valence-corrected chi connectivity index (χ0v) is 18.1. The Kier molecular flexibility index (Phi) is 6.26. The van der Waals surface area contributed by atoms with Crippen molar-refractivity contribution in [3.8, 4) is 0 Å². The number of nitro benzene ring substituents is 1. The summed E-state index contributed by atoms with van der Waals surface area (Å²) < 4.78 is 39.8. The molecule has 0 saturated heterocycles. The summed E-state index contributed by atoms with van der Waals surface area (Å²) in [6.45, 7) is 3.04. The maximum Gasteiger partial charge on any atom is 0.423 e. The van der Waals surface area contributed by atoms with E-state index in [1.165, 1.54) is 11.9 Å². The molecule has 0 aliphatic carbocycles. The average molecular weight is 462 g/mol. The van der Waals surface area contributed by atoms with E-state index in [1.807, 2.05) is 0 Å². The van der Waals surface area contributed by atoms with E-state index in [0.717, 1.165) is 17.7 Å². The van der Waals surface area contributed by atoms with Crippen molar-refractivity contribution in [2.45, 2.75) is 38.4 Å². The average Bonchev–Trinajstić information content (AvgIpc) is 3.03. The number of rotatable bonds is 6. The fourth-order valence-electron chi connectivity index (χ4n) is 3.61. The van der Waals surface area contributed by atoms with Crippen LogP contribution in [0.5, 0.6) is 0 Å². The Morgan fingerprint density at radius 2 is 1.85 bits per heavy atom. The van der Waals surface area contributed by atoms with Crippen LogP contribution in [-0.4, -0.2) is 39.9 Å². The Morgan fingerprint density at radius 3 is 2.39 bits per heavy atom. The number of halogens is 3. The van der Waals surface area contributed by atoms with Gasteiger partial charge in [0.15, 0.2) is 5.78 Å². The van der Waals surface area contributed by atoms with Crippen molar-refractivity contribution in [1.29, 1.82) is 0 Å². The third kappa shape index (κ3) is 5.02. The number of carbonyl (C=O) groups excluding carboxylic acids is 2. The molecule has 0 spiro atoms. The van der Waals surface area contributed by atoms with Crippen LogP contribution in [-0.2, 0) is 22.2 Å². The molecule has 11 heteroatoms. The van der Waals surface area contributed by atoms with E-state index < -0.39 is 27.9 Å². The molecule has 1 heterocycles. The molecule has 1 amide bonds. The second kappa shape index (κ2) is 8.64. The minimum absolute atomic E-state index is 0.0284. The van der Waals surface area contributed by atoms with Gasteiger partial charge in [-0.25, -0.2) is 0 Å². The predicted molar refractivity (Wildman–Crippen MR) is 115 cm³/mol. The number of nitro groups is 1. The predicted octanol–water partition coefficient (Wildman–Crippen LogP) is 4.18. The molecule has 0 bridgehead atoms. The van der Waals surface area contributed by atoms with Crippen LogP contribution in [0.3, 0.4) is 0 Å². The van der Waals surface area contributed by atoms with Crippen molar-refractivity contribution in [3.05, 3.63) is 69.3 Å². The summed E-state index contributed by atoms with van der Waals surface area (Å²) in [5.74, 6) is -0.584. The molecule has 0 radical (unpaired) electrons. The van der Waals surface area contributed by atoms with Gasteiger partial charge in [-0.3, -0.25) is 24.7 Å². The highest BCUT2D eigenvalue weighted by molar-refractivity contribution is 6.07. The number of ketones is 1. The van der Waals surface area contributed by atoms with E-state index in [9.17, 15) is 32.9 Å². The second-order valence-electron chi connectivity index (χ2n) is 7.99. The van der Waals surface area contributed by atoms with Crippen LogP contribution in [0, 0.1) is 10.1 Å². The molecule has 1 unspecified atom stereocenters. The first-order valence-electron chi connectivity index (χ1n) is 9.88. The molecule has 2 aromatic rings. The molecule has 1 aliphatic rings. The number of benzene rings is 2. The van der Waals surface area contributed by atoms with Gasteiger partial charge in [-0.05, 0) is 36.2 Å². The van der Waals surface area contributed by atoms with Gasteiger partial charge in [-0.1, -0.05) is 18.2 Å². The lowest BCUT2D eigenvalue weighted by Crippen LogP contribution is -2.46. The van der Waals surface area contributed by atoms with E-state index in [1.54, 1.807) is 38.2 Å². The van der Waals surface area contributed by atoms with E-state index in [-0.39, 0.29) is 30.1 Å². The molecular weight excluding hydrogens is 441 g/mol. The molecule has 33 heavy (non-hydrogen) atoms. The highest BCUT2D eigenvalue weighted by Crippen LogP contribution is 2.37. The van der Waals surface area contributed by atoms with E-state index in [2.05, 4.69) is 10.4 Å². The Morgan fingerprint density at radius 1 is 1.21 bits per heavy atom. The van der Waals surface area contributed by atoms with Crippen LogP contribution < -0.4 is 5.32 Å². The molecule has 174 valence electrons. The Bertz CT molecular complexity index is 1150. The summed E-state index contributed by atoms with van der Waals surface area (Å²) in [5.41, 5.74) is -1.57. The molecule has 3 rings (SSSR count). The molecule has 2 aromatic carbocycles. The SMILES string of the molecule is CC(=O)Nc1ccc(C2=NN(C)C(C)(C(=O)Cc3ccc([N+](=O)[O-])c(C(F)(F)F)c3)C2)cc1. The number of hydrogen-bond acceptors (Lipinski definition) is 6. The van der Waals surface area contributed by atoms with Crippen molar-refractivity contribution in [1.82, 2.24) is 5.01 Å². The third-order valence-electron chi connectivity index (χ3n) is 5.56. The zero-order chi connectivity index (χ0) is 24.6. The number of hydrazone groups is 1. The normalized spacial score (nSPS) is 18.1. The first-order valence-corrected chi connectivity index (χ1v) is 9.88. The van der Waals surface area contributed by atoms with Gasteiger partial charge in [-0.15, -0.1) is 0 Å². The van der Waals surface area contributed by atoms with Crippen molar-refractivity contribution in [3.63, 3.8) is 0 Å². The summed E-state index contributed by atoms with van der Waals surface area (Å²) in [7, 11) is 1.60. The third-order valence-corrected chi connectivity index (χ3v) is 5.56. The highest BCUT2D eigenvalue weighted by atomic mass is 19.4. The monoisotopic (exact) mass is 462 g/mol. The van der Waals surface area contributed by atoms with Crippen LogP contribution >= 0.6 is 0 Å². The minimum atomic E-state index is -4.92. The van der Waals surface area contributed by atoms with Crippen molar-refractivity contribution in [2.75, 3.05) is 12.4 Å². The summed E-state index contributed by atoms with van der Waals surface area (Å²) >= 11 is 0. The fraction of sp³-hybridized carbons (Fsp3) is 0.318. The van der Waals surface area contributed by atoms with Gasteiger partial charge >= 0.3 is 6.18 Å². The van der Waals surface area contributed by atoms with E-state index >= 15 is 0 Å². The number of likely N-dealkylation sites (N-methyl/N-ethyl adjacent to an activating group) is 1. The number of amides is 1. The first kappa shape index (κ1) is 23.9. The van der Waals surface area contributed by atoms with Crippen LogP contribution in [0.1, 0.15) is 37.0 Å². The van der Waals surface area contributed by atoms with Crippen LogP contribution in [0.2, 0.25) is 0 Å². The smallest absolute Gasteiger partial charge is 0.326 e. The van der Waals surface area contributed by atoms with E-state index in [0.29, 0.717) is 17.5 Å². The summed E-state index contributed by atoms with van der Waals surface area (Å²) in [6.07, 6.45) is -5.04. The van der Waals surface area contributed by atoms with Gasteiger partial charge in [-0.2, -0.15) is 18.3 Å². The van der Waals surface area contributed by atoms with Gasteiger partial charge in [0.1, 0.15) is 11.1 Å². The highest BCUT2D eigenvalue weighted by Gasteiger charge is 2.43.